The van der Waals surface area contributed by atoms with Gasteiger partial charge in [0.1, 0.15) is 0 Å². The fourth-order valence-electron chi connectivity index (χ4n) is 1.40. The molecule has 0 aliphatic carbocycles. The quantitative estimate of drug-likeness (QED) is 0.842. The van der Waals surface area contributed by atoms with Gasteiger partial charge in [-0.2, -0.15) is 0 Å². The van der Waals surface area contributed by atoms with Gasteiger partial charge in [-0.3, -0.25) is 4.79 Å². The Bertz CT molecular complexity index is 409. The van der Waals surface area contributed by atoms with Crippen LogP contribution in [0.4, 0.5) is 0 Å². The molecule has 0 amide bonds. The van der Waals surface area contributed by atoms with Gasteiger partial charge in [-0.05, 0) is 30.7 Å². The zero-order valence-electron chi connectivity index (χ0n) is 11.1. The molecule has 6 nitrogen and oxygen atoms in total. The number of tetrazole rings is 1. The molecule has 0 aliphatic rings. The number of hydrogen-bond donors (Lipinski definition) is 1. The van der Waals surface area contributed by atoms with Crippen molar-refractivity contribution in [2.24, 2.45) is 5.41 Å². The van der Waals surface area contributed by atoms with Gasteiger partial charge < -0.3 is 5.11 Å². The Labute approximate surface area is 101 Å². The Morgan fingerprint density at radius 3 is 2.41 bits per heavy atom. The van der Waals surface area contributed by atoms with Crippen LogP contribution in [0.5, 0.6) is 0 Å². The van der Waals surface area contributed by atoms with E-state index >= 15 is 0 Å². The Balaban J connectivity index is 3.02. The molecule has 0 aliphatic heterocycles. The molecule has 1 heterocycles. The van der Waals surface area contributed by atoms with Crippen LogP contribution in [0.1, 0.15) is 46.9 Å². The topological polar surface area (TPSA) is 80.9 Å². The van der Waals surface area contributed by atoms with Crippen LogP contribution >= 0.6 is 0 Å². The number of aromatic nitrogens is 4. The van der Waals surface area contributed by atoms with Gasteiger partial charge in [0.2, 0.25) is 0 Å². The molecule has 1 aromatic rings. The standard InChI is InChI=1S/C11H20N4O2/c1-6-10(2,3)8-12-13-14-15(8)7-11(4,5)9(16)17/h6-7H2,1-5H3,(H,16,17). The van der Waals surface area contributed by atoms with Crippen LogP contribution in [0.2, 0.25) is 0 Å². The second-order valence-electron chi connectivity index (χ2n) is 5.59. The highest BCUT2D eigenvalue weighted by atomic mass is 16.4. The first-order valence-corrected chi connectivity index (χ1v) is 5.71. The first kappa shape index (κ1) is 13.6. The lowest BCUT2D eigenvalue weighted by atomic mass is 9.88. The Morgan fingerprint density at radius 1 is 1.35 bits per heavy atom. The normalized spacial score (nSPS) is 12.8. The number of carbonyl (C=O) groups is 1. The van der Waals surface area contributed by atoms with Crippen LogP contribution in [0.25, 0.3) is 0 Å². The molecule has 1 N–H and O–H groups in total. The van der Waals surface area contributed by atoms with Crippen molar-refractivity contribution in [1.29, 1.82) is 0 Å². The van der Waals surface area contributed by atoms with E-state index in [4.69, 9.17) is 5.11 Å². The fraction of sp³-hybridized carbons (Fsp3) is 0.818. The van der Waals surface area contributed by atoms with Crippen LogP contribution in [0, 0.1) is 5.41 Å². The monoisotopic (exact) mass is 240 g/mol. The second-order valence-corrected chi connectivity index (χ2v) is 5.59. The Morgan fingerprint density at radius 2 is 1.94 bits per heavy atom. The SMILES string of the molecule is CCC(C)(C)c1nnnn1CC(C)(C)C(=O)O. The predicted molar refractivity (Wildman–Crippen MR) is 62.6 cm³/mol. The van der Waals surface area contributed by atoms with Gasteiger partial charge in [0.15, 0.2) is 5.82 Å². The lowest BCUT2D eigenvalue weighted by Crippen LogP contribution is -2.32. The number of nitrogens with zero attached hydrogens (tertiary/aromatic N) is 4. The molecule has 1 aromatic heterocycles. The number of carboxylic acids is 1. The number of carboxylic acid groups (broad SMARTS) is 1. The summed E-state index contributed by atoms with van der Waals surface area (Å²) in [5, 5.41) is 20.7. The van der Waals surface area contributed by atoms with Crippen molar-refractivity contribution in [1.82, 2.24) is 20.2 Å². The summed E-state index contributed by atoms with van der Waals surface area (Å²) in [6.45, 7) is 9.75. The van der Waals surface area contributed by atoms with Gasteiger partial charge in [-0.1, -0.05) is 20.8 Å². The maximum absolute atomic E-state index is 11.1. The van der Waals surface area contributed by atoms with E-state index < -0.39 is 11.4 Å². The molecular formula is C11H20N4O2. The molecule has 17 heavy (non-hydrogen) atoms. The van der Waals surface area contributed by atoms with Crippen LogP contribution < -0.4 is 0 Å². The second kappa shape index (κ2) is 4.43. The van der Waals surface area contributed by atoms with Crippen LogP contribution in [0.15, 0.2) is 0 Å². The minimum atomic E-state index is -0.881. The summed E-state index contributed by atoms with van der Waals surface area (Å²) in [4.78, 5) is 11.1. The highest BCUT2D eigenvalue weighted by Crippen LogP contribution is 2.26. The smallest absolute Gasteiger partial charge is 0.310 e. The average Bonchev–Trinajstić information content (AvgIpc) is 2.65. The summed E-state index contributed by atoms with van der Waals surface area (Å²) in [7, 11) is 0. The third-order valence-corrected chi connectivity index (χ3v) is 3.15. The highest BCUT2D eigenvalue weighted by molar-refractivity contribution is 5.73. The molecule has 6 heteroatoms. The van der Waals surface area contributed by atoms with Crippen molar-refractivity contribution in [3.63, 3.8) is 0 Å². The summed E-state index contributed by atoms with van der Waals surface area (Å²) < 4.78 is 1.59. The average molecular weight is 240 g/mol. The van der Waals surface area contributed by atoms with Gasteiger partial charge in [0.25, 0.3) is 0 Å². The molecule has 96 valence electrons. The van der Waals surface area contributed by atoms with E-state index in [-0.39, 0.29) is 12.0 Å². The molecule has 0 saturated heterocycles. The molecule has 0 aromatic carbocycles. The molecular weight excluding hydrogens is 220 g/mol. The molecule has 0 fully saturated rings. The van der Waals surface area contributed by atoms with Crippen molar-refractivity contribution < 1.29 is 9.90 Å². The molecule has 1 rings (SSSR count). The van der Waals surface area contributed by atoms with E-state index in [9.17, 15) is 4.79 Å². The van der Waals surface area contributed by atoms with E-state index in [2.05, 4.69) is 22.4 Å². The molecule has 0 spiro atoms. The van der Waals surface area contributed by atoms with Crippen molar-refractivity contribution in [2.45, 2.75) is 53.0 Å². The van der Waals surface area contributed by atoms with Gasteiger partial charge in [-0.15, -0.1) is 5.10 Å². The zero-order chi connectivity index (χ0) is 13.3. The lowest BCUT2D eigenvalue weighted by molar-refractivity contribution is -0.147. The number of aliphatic carboxylic acids is 1. The van der Waals surface area contributed by atoms with Gasteiger partial charge in [0, 0.05) is 5.41 Å². The third-order valence-electron chi connectivity index (χ3n) is 3.15. The van der Waals surface area contributed by atoms with Crippen LogP contribution in [0.3, 0.4) is 0 Å². The first-order chi connectivity index (χ1) is 7.70. The van der Waals surface area contributed by atoms with Crippen LogP contribution in [-0.2, 0) is 16.8 Å². The van der Waals surface area contributed by atoms with Crippen molar-refractivity contribution in [3.05, 3.63) is 5.82 Å². The first-order valence-electron chi connectivity index (χ1n) is 5.71. The van der Waals surface area contributed by atoms with Gasteiger partial charge >= 0.3 is 5.97 Å². The Kier molecular flexibility index (Phi) is 3.54. The predicted octanol–water partition coefficient (Wildman–Crippen LogP) is 1.47. The maximum atomic E-state index is 11.1. The summed E-state index contributed by atoms with van der Waals surface area (Å²) in [5.41, 5.74) is -1.04. The van der Waals surface area contributed by atoms with Crippen molar-refractivity contribution >= 4 is 5.97 Å². The lowest BCUT2D eigenvalue weighted by Gasteiger charge is -2.24. The van der Waals surface area contributed by atoms with Crippen molar-refractivity contribution in [3.8, 4) is 0 Å². The molecule has 0 atom stereocenters. The molecule has 0 radical (unpaired) electrons. The number of hydrogen-bond acceptors (Lipinski definition) is 4. The zero-order valence-corrected chi connectivity index (χ0v) is 11.1. The van der Waals surface area contributed by atoms with E-state index in [1.54, 1.807) is 18.5 Å². The van der Waals surface area contributed by atoms with Crippen LogP contribution in [-0.4, -0.2) is 31.3 Å². The summed E-state index contributed by atoms with van der Waals surface area (Å²) in [6.07, 6.45) is 0.890. The largest absolute Gasteiger partial charge is 0.481 e. The molecule has 0 saturated carbocycles. The van der Waals surface area contributed by atoms with E-state index in [1.165, 1.54) is 0 Å². The number of rotatable bonds is 5. The van der Waals surface area contributed by atoms with Crippen molar-refractivity contribution in [2.75, 3.05) is 0 Å². The molecule has 0 bridgehead atoms. The highest BCUT2D eigenvalue weighted by Gasteiger charge is 2.32. The van der Waals surface area contributed by atoms with E-state index in [1.807, 2.05) is 13.8 Å². The summed E-state index contributed by atoms with van der Waals surface area (Å²) in [6, 6.07) is 0. The summed E-state index contributed by atoms with van der Waals surface area (Å²) >= 11 is 0. The van der Waals surface area contributed by atoms with Gasteiger partial charge in [0.05, 0.1) is 12.0 Å². The fourth-order valence-corrected chi connectivity index (χ4v) is 1.40. The summed E-state index contributed by atoms with van der Waals surface area (Å²) in [5.74, 6) is -0.123. The van der Waals surface area contributed by atoms with E-state index in [0.717, 1.165) is 12.2 Å². The van der Waals surface area contributed by atoms with E-state index in [0.29, 0.717) is 0 Å². The maximum Gasteiger partial charge on any atom is 0.310 e. The third kappa shape index (κ3) is 2.81. The minimum absolute atomic E-state index is 0.155. The van der Waals surface area contributed by atoms with Gasteiger partial charge in [-0.25, -0.2) is 4.68 Å². The minimum Gasteiger partial charge on any atom is -0.481 e. The Hall–Kier alpha value is -1.46. The molecule has 0 unspecified atom stereocenters.